The van der Waals surface area contributed by atoms with Crippen LogP contribution in [0.15, 0.2) is 42.5 Å². The fourth-order valence-corrected chi connectivity index (χ4v) is 7.94. The molecule has 0 aliphatic heterocycles. The SMILES string of the molecule is Cn1nc(NS(C)(=O)=O)c2c(Cl)ccc(-c3ccc(C#CC(C)(C)O)nc3[C@H](Cc3cc(F)cc(F)c3)NC(=O)Cn3nc4c(c3Cl)[C@H]3C[C@H]3C4(F)F)c21. The summed E-state index contributed by atoms with van der Waals surface area (Å²) in [5, 5.41) is 21.8. The molecule has 0 unspecified atom stereocenters. The zero-order chi connectivity index (χ0) is 39.1. The number of rotatable bonds is 9. The second kappa shape index (κ2) is 13.3. The van der Waals surface area contributed by atoms with Gasteiger partial charge in [0, 0.05) is 35.7 Å². The molecule has 3 heterocycles. The van der Waals surface area contributed by atoms with Gasteiger partial charge in [-0.2, -0.15) is 19.0 Å². The van der Waals surface area contributed by atoms with Gasteiger partial charge in [0.05, 0.1) is 33.9 Å². The van der Waals surface area contributed by atoms with Crippen molar-refractivity contribution >= 4 is 55.9 Å². The number of aromatic nitrogens is 5. The average molecular weight is 805 g/mol. The van der Waals surface area contributed by atoms with Gasteiger partial charge in [0.25, 0.3) is 5.92 Å². The fraction of sp³-hybridized carbons (Fsp3) is 0.333. The number of carbonyl (C=O) groups is 1. The van der Waals surface area contributed by atoms with Crippen LogP contribution in [0.3, 0.4) is 0 Å². The smallest absolute Gasteiger partial charge is 0.295 e. The van der Waals surface area contributed by atoms with E-state index in [0.29, 0.717) is 22.7 Å². The van der Waals surface area contributed by atoms with Gasteiger partial charge >= 0.3 is 0 Å². The summed E-state index contributed by atoms with van der Waals surface area (Å²) >= 11 is 13.1. The van der Waals surface area contributed by atoms with Crippen LogP contribution in [0.4, 0.5) is 23.4 Å². The first-order valence-corrected chi connectivity index (χ1v) is 19.1. The van der Waals surface area contributed by atoms with Gasteiger partial charge in [-0.05, 0) is 74.4 Å². The molecule has 1 saturated carbocycles. The van der Waals surface area contributed by atoms with Crippen molar-refractivity contribution in [3.63, 3.8) is 0 Å². The van der Waals surface area contributed by atoms with Crippen LogP contribution in [0.25, 0.3) is 22.0 Å². The van der Waals surface area contributed by atoms with Crippen LogP contribution in [0.1, 0.15) is 60.4 Å². The van der Waals surface area contributed by atoms with Gasteiger partial charge in [-0.15, -0.1) is 0 Å². The summed E-state index contributed by atoms with van der Waals surface area (Å²) in [6.45, 7) is 2.37. The van der Waals surface area contributed by atoms with E-state index in [1.807, 2.05) is 0 Å². The number of aryl methyl sites for hydroxylation is 1. The number of nitrogens with one attached hydrogen (secondary N) is 2. The van der Waals surface area contributed by atoms with Gasteiger partial charge in [0.2, 0.25) is 15.9 Å². The van der Waals surface area contributed by atoms with E-state index < -0.39 is 69.2 Å². The average Bonchev–Trinajstić information content (AvgIpc) is 3.63. The molecule has 3 atom stereocenters. The molecular formula is C36H31Cl2F4N7O4S. The number of hydrogen-bond donors (Lipinski definition) is 3. The van der Waals surface area contributed by atoms with Crippen LogP contribution >= 0.6 is 23.2 Å². The van der Waals surface area contributed by atoms with Gasteiger partial charge < -0.3 is 10.4 Å². The number of aliphatic hydroxyl groups is 1. The lowest BCUT2D eigenvalue weighted by molar-refractivity contribution is -0.122. The highest BCUT2D eigenvalue weighted by molar-refractivity contribution is 7.92. The maximum absolute atomic E-state index is 14.9. The molecule has 0 radical (unpaired) electrons. The van der Waals surface area contributed by atoms with E-state index in [9.17, 15) is 35.9 Å². The molecule has 0 spiro atoms. The van der Waals surface area contributed by atoms with Gasteiger partial charge in [0.1, 0.15) is 40.3 Å². The quantitative estimate of drug-likeness (QED) is 0.119. The highest BCUT2D eigenvalue weighted by Gasteiger charge is 2.66. The van der Waals surface area contributed by atoms with Gasteiger partial charge in [-0.25, -0.2) is 26.9 Å². The highest BCUT2D eigenvalue weighted by Crippen LogP contribution is 2.67. The van der Waals surface area contributed by atoms with Crippen molar-refractivity contribution in [2.45, 2.75) is 56.7 Å². The largest absolute Gasteiger partial charge is 0.378 e. The summed E-state index contributed by atoms with van der Waals surface area (Å²) in [4.78, 5) is 18.6. The van der Waals surface area contributed by atoms with Crippen LogP contribution < -0.4 is 10.0 Å². The zero-order valence-corrected chi connectivity index (χ0v) is 31.3. The number of amides is 1. The van der Waals surface area contributed by atoms with Crippen LogP contribution in [0.5, 0.6) is 0 Å². The monoisotopic (exact) mass is 803 g/mol. The Labute approximate surface area is 316 Å². The number of anilines is 1. The Kier molecular flexibility index (Phi) is 9.24. The van der Waals surface area contributed by atoms with Crippen molar-refractivity contribution < 1.29 is 35.9 Å². The van der Waals surface area contributed by atoms with Crippen LogP contribution in [-0.4, -0.2) is 55.8 Å². The minimum Gasteiger partial charge on any atom is -0.378 e. The van der Waals surface area contributed by atoms with E-state index in [1.165, 1.54) is 24.6 Å². The van der Waals surface area contributed by atoms with Crippen molar-refractivity contribution in [3.8, 4) is 23.0 Å². The van der Waals surface area contributed by atoms with Crippen LogP contribution in [0.2, 0.25) is 10.2 Å². The summed E-state index contributed by atoms with van der Waals surface area (Å²) in [6, 6.07) is 8.06. The lowest BCUT2D eigenvalue weighted by Crippen LogP contribution is -2.34. The summed E-state index contributed by atoms with van der Waals surface area (Å²) in [5.74, 6) is -1.51. The molecule has 5 aromatic rings. The molecule has 2 aliphatic rings. The predicted molar refractivity (Wildman–Crippen MR) is 194 cm³/mol. The number of hydrogen-bond acceptors (Lipinski definition) is 7. The van der Waals surface area contributed by atoms with Crippen molar-refractivity contribution in [2.24, 2.45) is 13.0 Å². The van der Waals surface area contributed by atoms with Crippen LogP contribution in [-0.2, 0) is 40.8 Å². The summed E-state index contributed by atoms with van der Waals surface area (Å²) < 4.78 is 88.0. The minimum absolute atomic E-state index is 0.0461. The van der Waals surface area contributed by atoms with Gasteiger partial charge in [-0.3, -0.25) is 14.2 Å². The lowest BCUT2D eigenvalue weighted by atomic mass is 9.93. The minimum atomic E-state index is -3.79. The molecule has 0 saturated heterocycles. The van der Waals surface area contributed by atoms with E-state index in [-0.39, 0.29) is 56.7 Å². The standard InChI is InChI=1S/C36H31Cl2F4N7O4S/c1-35(2,51)10-9-20-5-6-21(22-7-8-25(37)29-31(22)48(3)46-34(29)47-54(4,52)53)30(43-20)26(13-17-11-18(39)14-19(40)12-17)44-27(50)16-49-33(38)28-23-15-24(23)36(41,42)32(28)45-49/h5-8,11-12,14,23-24,26,51H,13,15-16H2,1-4H3,(H,44,50)(H,46,47)/t23-,24+,26-/m0/s1. The second-order valence-corrected chi connectivity index (χ2v) is 16.5. The normalized spacial score (nSPS) is 17.8. The molecule has 7 rings (SSSR count). The summed E-state index contributed by atoms with van der Waals surface area (Å²) in [6.07, 6.45) is 1.00. The first kappa shape index (κ1) is 37.6. The Bertz CT molecular complexity index is 2540. The van der Waals surface area contributed by atoms with Crippen molar-refractivity contribution in [3.05, 3.63) is 92.5 Å². The fourth-order valence-electron chi connectivity index (χ4n) is 6.88. The van der Waals surface area contributed by atoms with Gasteiger partial charge in [0.15, 0.2) is 5.82 Å². The van der Waals surface area contributed by atoms with E-state index in [1.54, 1.807) is 25.2 Å². The number of pyridine rings is 1. The maximum atomic E-state index is 14.9. The first-order chi connectivity index (χ1) is 25.2. The molecule has 1 amide bonds. The lowest BCUT2D eigenvalue weighted by Gasteiger charge is -2.23. The molecule has 1 fully saturated rings. The number of alkyl halides is 2. The van der Waals surface area contributed by atoms with E-state index >= 15 is 0 Å². The first-order valence-electron chi connectivity index (χ1n) is 16.5. The third kappa shape index (κ3) is 7.25. The Morgan fingerprint density at radius 3 is 2.44 bits per heavy atom. The molecule has 18 heteroatoms. The Hall–Kier alpha value is -4.69. The molecule has 11 nitrogen and oxygen atoms in total. The third-order valence-electron chi connectivity index (χ3n) is 9.12. The van der Waals surface area contributed by atoms with Crippen LogP contribution in [0, 0.1) is 29.4 Å². The molecule has 0 bridgehead atoms. The summed E-state index contributed by atoms with van der Waals surface area (Å²) in [5.41, 5.74) is -0.0636. The molecule has 2 aromatic carbocycles. The Balaban J connectivity index is 1.37. The van der Waals surface area contributed by atoms with E-state index in [2.05, 4.69) is 32.1 Å². The van der Waals surface area contributed by atoms with E-state index in [0.717, 1.165) is 23.1 Å². The van der Waals surface area contributed by atoms with Crippen molar-refractivity contribution in [2.75, 3.05) is 11.0 Å². The van der Waals surface area contributed by atoms with Crippen molar-refractivity contribution in [1.82, 2.24) is 29.9 Å². The number of fused-ring (bicyclic) bond motifs is 4. The highest BCUT2D eigenvalue weighted by atomic mass is 35.5. The number of halogens is 6. The number of carbonyl (C=O) groups excluding carboxylic acids is 1. The van der Waals surface area contributed by atoms with Gasteiger partial charge in [-0.1, -0.05) is 35.2 Å². The zero-order valence-electron chi connectivity index (χ0n) is 29.0. The second-order valence-electron chi connectivity index (χ2n) is 14.0. The number of benzene rings is 2. The molecule has 2 aliphatic carbocycles. The number of nitrogens with zero attached hydrogens (tertiary/aromatic N) is 5. The summed E-state index contributed by atoms with van der Waals surface area (Å²) in [7, 11) is -2.22. The predicted octanol–water partition coefficient (Wildman–Crippen LogP) is 6.22. The molecule has 54 heavy (non-hydrogen) atoms. The topological polar surface area (TPSA) is 144 Å². The van der Waals surface area contributed by atoms with E-state index in [4.69, 9.17) is 28.2 Å². The molecule has 3 aromatic heterocycles. The maximum Gasteiger partial charge on any atom is 0.295 e. The Morgan fingerprint density at radius 1 is 1.11 bits per heavy atom. The van der Waals surface area contributed by atoms with Crippen molar-refractivity contribution in [1.29, 1.82) is 0 Å². The number of sulfonamides is 1. The molecular weight excluding hydrogens is 773 g/mol. The molecule has 3 N–H and O–H groups in total. The Morgan fingerprint density at radius 2 is 1.80 bits per heavy atom. The molecule has 282 valence electrons. The third-order valence-corrected chi connectivity index (χ3v) is 10.4.